The highest BCUT2D eigenvalue weighted by Crippen LogP contribution is 2.41. The van der Waals surface area contributed by atoms with E-state index in [0.29, 0.717) is 21.1 Å². The number of hydrogen-bond donors (Lipinski definition) is 0. The molecule has 2 aromatic carbocycles. The van der Waals surface area contributed by atoms with E-state index in [-0.39, 0.29) is 22.2 Å². The third-order valence-corrected chi connectivity index (χ3v) is 6.51. The van der Waals surface area contributed by atoms with Crippen molar-refractivity contribution in [3.8, 4) is 5.75 Å². The van der Waals surface area contributed by atoms with Gasteiger partial charge in [-0.3, -0.25) is 4.98 Å². The Hall–Kier alpha value is -3.73. The monoisotopic (exact) mass is 477 g/mol. The van der Waals surface area contributed by atoms with Crippen LogP contribution in [0.1, 0.15) is 5.56 Å². The highest BCUT2D eigenvalue weighted by Gasteiger charge is 2.35. The maximum atomic E-state index is 13.7. The van der Waals surface area contributed by atoms with E-state index in [9.17, 15) is 26.0 Å². The second-order valence-electron chi connectivity index (χ2n) is 6.87. The Kier molecular flexibility index (Phi) is 5.66. The van der Waals surface area contributed by atoms with E-state index in [1.54, 1.807) is 18.3 Å². The summed E-state index contributed by atoms with van der Waals surface area (Å²) in [5.41, 5.74) is -1.25. The molecular weight excluding hydrogens is 462 g/mol. The van der Waals surface area contributed by atoms with Crippen molar-refractivity contribution in [2.24, 2.45) is 0 Å². The van der Waals surface area contributed by atoms with Crippen LogP contribution in [0.3, 0.4) is 0 Å². The highest BCUT2D eigenvalue weighted by molar-refractivity contribution is 7.93. The second kappa shape index (κ2) is 8.32. The molecule has 11 heteroatoms. The normalized spacial score (nSPS) is 12.0. The molecule has 0 aliphatic rings. The molecule has 0 radical (unpaired) electrons. The third-order valence-electron chi connectivity index (χ3n) is 4.80. The van der Waals surface area contributed by atoms with Gasteiger partial charge in [0.2, 0.25) is 0 Å². The van der Waals surface area contributed by atoms with Gasteiger partial charge in [-0.2, -0.15) is 13.2 Å². The van der Waals surface area contributed by atoms with Crippen molar-refractivity contribution < 1.29 is 30.7 Å². The second-order valence-corrected chi connectivity index (χ2v) is 8.66. The van der Waals surface area contributed by atoms with Crippen molar-refractivity contribution in [3.05, 3.63) is 84.6 Å². The van der Waals surface area contributed by atoms with Crippen LogP contribution >= 0.6 is 0 Å². The Morgan fingerprint density at radius 2 is 1.73 bits per heavy atom. The Bertz CT molecular complexity index is 1430. The van der Waals surface area contributed by atoms with Gasteiger partial charge in [-0.1, -0.05) is 6.07 Å². The van der Waals surface area contributed by atoms with Gasteiger partial charge in [0.25, 0.3) is 10.0 Å². The largest absolute Gasteiger partial charge is 0.495 e. The fraction of sp³-hybridized carbons (Fsp3) is 0.0909. The number of aromatic nitrogens is 2. The van der Waals surface area contributed by atoms with E-state index in [4.69, 9.17) is 4.74 Å². The quantitative estimate of drug-likeness (QED) is 0.364. The molecule has 33 heavy (non-hydrogen) atoms. The van der Waals surface area contributed by atoms with Gasteiger partial charge >= 0.3 is 6.18 Å². The molecule has 0 unspecified atom stereocenters. The molecule has 0 N–H and O–H groups in total. The SMILES string of the molecule is COc1cc(C(F)(F)F)ccc1N(c1ccc(F)cn1)S(=O)(=O)c1ccc2cnccc2c1. The summed E-state index contributed by atoms with van der Waals surface area (Å²) in [4.78, 5) is 7.66. The lowest BCUT2D eigenvalue weighted by atomic mass is 10.2. The molecule has 0 spiro atoms. The van der Waals surface area contributed by atoms with E-state index >= 15 is 0 Å². The van der Waals surface area contributed by atoms with Crippen LogP contribution in [0.15, 0.2) is 78.1 Å². The smallest absolute Gasteiger partial charge is 0.416 e. The number of benzene rings is 2. The first-order valence-corrected chi connectivity index (χ1v) is 10.8. The molecule has 0 aliphatic carbocycles. The van der Waals surface area contributed by atoms with Crippen LogP contribution < -0.4 is 9.04 Å². The van der Waals surface area contributed by atoms with Crippen LogP contribution in [0.5, 0.6) is 5.75 Å². The standard InChI is InChI=1S/C22H15F4N3O3S/c1-32-20-11-16(22(24,25)26)3-6-19(20)29(21-7-4-17(23)13-28-21)33(30,31)18-5-2-15-12-27-9-8-14(15)10-18/h2-13H,1H3. The summed E-state index contributed by atoms with van der Waals surface area (Å²) in [5.74, 6) is -1.30. The minimum absolute atomic E-state index is 0.158. The molecule has 0 aliphatic heterocycles. The summed E-state index contributed by atoms with van der Waals surface area (Å²) < 4.78 is 86.3. The Balaban J connectivity index is 1.95. The van der Waals surface area contributed by atoms with E-state index in [1.807, 2.05) is 0 Å². The van der Waals surface area contributed by atoms with Gasteiger partial charge < -0.3 is 4.74 Å². The lowest BCUT2D eigenvalue weighted by Crippen LogP contribution is -2.27. The molecule has 2 heterocycles. The maximum absolute atomic E-state index is 13.7. The Labute approximate surface area is 186 Å². The number of nitrogens with zero attached hydrogens (tertiary/aromatic N) is 3. The van der Waals surface area contributed by atoms with Gasteiger partial charge in [-0.25, -0.2) is 22.1 Å². The first-order chi connectivity index (χ1) is 15.6. The number of alkyl halides is 3. The number of methoxy groups -OCH3 is 1. The molecular formula is C22H15F4N3O3S. The van der Waals surface area contributed by atoms with Crippen molar-refractivity contribution >= 4 is 32.3 Å². The molecule has 2 aromatic heterocycles. The molecule has 4 rings (SSSR count). The van der Waals surface area contributed by atoms with Crippen molar-refractivity contribution in [2.75, 3.05) is 11.4 Å². The molecule has 6 nitrogen and oxygen atoms in total. The number of rotatable bonds is 5. The minimum atomic E-state index is -4.67. The molecule has 0 amide bonds. The van der Waals surface area contributed by atoms with Gasteiger partial charge in [0.15, 0.2) is 0 Å². The predicted molar refractivity (Wildman–Crippen MR) is 113 cm³/mol. The Morgan fingerprint density at radius 3 is 2.39 bits per heavy atom. The topological polar surface area (TPSA) is 72.4 Å². The van der Waals surface area contributed by atoms with E-state index in [1.165, 1.54) is 18.3 Å². The van der Waals surface area contributed by atoms with Crippen molar-refractivity contribution in [1.82, 2.24) is 9.97 Å². The zero-order valence-electron chi connectivity index (χ0n) is 16.9. The molecule has 0 fully saturated rings. The van der Waals surface area contributed by atoms with Crippen LogP contribution in [0.4, 0.5) is 29.1 Å². The number of ether oxygens (including phenoxy) is 1. The summed E-state index contributed by atoms with van der Waals surface area (Å²) in [6, 6.07) is 10.4. The number of hydrogen-bond acceptors (Lipinski definition) is 5. The molecule has 0 saturated heterocycles. The first-order valence-electron chi connectivity index (χ1n) is 9.37. The summed E-state index contributed by atoms with van der Waals surface area (Å²) >= 11 is 0. The maximum Gasteiger partial charge on any atom is 0.416 e. The van der Waals surface area contributed by atoms with Crippen LogP contribution in [-0.2, 0) is 16.2 Å². The van der Waals surface area contributed by atoms with Crippen molar-refractivity contribution in [2.45, 2.75) is 11.1 Å². The minimum Gasteiger partial charge on any atom is -0.495 e. The van der Waals surface area contributed by atoms with Crippen molar-refractivity contribution in [1.29, 1.82) is 0 Å². The van der Waals surface area contributed by atoms with E-state index in [2.05, 4.69) is 9.97 Å². The highest BCUT2D eigenvalue weighted by atomic mass is 32.2. The first kappa shape index (κ1) is 22.5. The van der Waals surface area contributed by atoms with Gasteiger partial charge in [0, 0.05) is 17.8 Å². The van der Waals surface area contributed by atoms with Crippen LogP contribution in [0.25, 0.3) is 10.8 Å². The molecule has 4 aromatic rings. The number of halogens is 4. The summed E-state index contributed by atoms with van der Waals surface area (Å²) in [7, 11) is -3.31. The van der Waals surface area contributed by atoms with Gasteiger partial charge in [0.05, 0.1) is 23.8 Å². The fourth-order valence-electron chi connectivity index (χ4n) is 3.21. The van der Waals surface area contributed by atoms with E-state index < -0.39 is 27.6 Å². The zero-order valence-corrected chi connectivity index (χ0v) is 17.7. The van der Waals surface area contributed by atoms with Crippen molar-refractivity contribution in [3.63, 3.8) is 0 Å². The molecule has 0 bridgehead atoms. The summed E-state index contributed by atoms with van der Waals surface area (Å²) in [5, 5.41) is 1.27. The molecule has 170 valence electrons. The van der Waals surface area contributed by atoms with Gasteiger partial charge in [-0.15, -0.1) is 0 Å². The number of pyridine rings is 2. The predicted octanol–water partition coefficient (Wildman–Crippen LogP) is 5.32. The van der Waals surface area contributed by atoms with Gasteiger partial charge in [-0.05, 0) is 53.9 Å². The van der Waals surface area contributed by atoms with Crippen LogP contribution in [0.2, 0.25) is 0 Å². The molecule has 0 atom stereocenters. The Morgan fingerprint density at radius 1 is 0.939 bits per heavy atom. The lowest BCUT2D eigenvalue weighted by molar-refractivity contribution is -0.137. The average molecular weight is 477 g/mol. The molecule has 0 saturated carbocycles. The number of anilines is 2. The third kappa shape index (κ3) is 4.31. The summed E-state index contributed by atoms with van der Waals surface area (Å²) in [6.07, 6.45) is -0.808. The number of fused-ring (bicyclic) bond motifs is 1. The van der Waals surface area contributed by atoms with Crippen LogP contribution in [0, 0.1) is 5.82 Å². The van der Waals surface area contributed by atoms with Gasteiger partial charge in [0.1, 0.15) is 23.1 Å². The van der Waals surface area contributed by atoms with E-state index in [0.717, 1.165) is 37.6 Å². The average Bonchev–Trinajstić information content (AvgIpc) is 2.79. The summed E-state index contributed by atoms with van der Waals surface area (Å²) in [6.45, 7) is 0. The van der Waals surface area contributed by atoms with Crippen LogP contribution in [-0.4, -0.2) is 25.5 Å². The fourth-order valence-corrected chi connectivity index (χ4v) is 4.70. The zero-order chi connectivity index (χ0) is 23.8. The number of sulfonamides is 1. The lowest BCUT2D eigenvalue weighted by Gasteiger charge is -2.26.